The molecule has 0 saturated carbocycles. The molecule has 1 aliphatic carbocycles. The van der Waals surface area contributed by atoms with E-state index in [1.165, 1.54) is 22.4 Å². The molecule has 8 nitrogen and oxygen atoms in total. The number of anilines is 1. The van der Waals surface area contributed by atoms with Gasteiger partial charge in [-0.05, 0) is 71.2 Å². The van der Waals surface area contributed by atoms with Crippen molar-refractivity contribution in [3.63, 3.8) is 0 Å². The van der Waals surface area contributed by atoms with Crippen molar-refractivity contribution >= 4 is 33.7 Å². The number of ether oxygens (including phenoxy) is 1. The Balaban J connectivity index is 1.40. The molecular formula is C34H38N6O2. The average molecular weight is 563 g/mol. The van der Waals surface area contributed by atoms with E-state index in [1.54, 1.807) is 7.11 Å². The van der Waals surface area contributed by atoms with Crippen LogP contribution < -0.4 is 9.64 Å². The lowest BCUT2D eigenvalue weighted by atomic mass is 9.88. The second-order valence-electron chi connectivity index (χ2n) is 11.8. The highest BCUT2D eigenvalue weighted by atomic mass is 16.5. The minimum atomic E-state index is 0.585. The van der Waals surface area contributed by atoms with Crippen LogP contribution in [-0.4, -0.2) is 64.3 Å². The molecule has 3 aromatic heterocycles. The molecule has 4 heterocycles. The fraction of sp³-hybridized carbons (Fsp3) is 0.382. The lowest BCUT2D eigenvalue weighted by Gasteiger charge is -2.39. The number of rotatable bonds is 5. The van der Waals surface area contributed by atoms with Crippen molar-refractivity contribution in [3.8, 4) is 28.1 Å². The van der Waals surface area contributed by atoms with Crippen LogP contribution in [-0.2, 0) is 6.42 Å². The van der Waals surface area contributed by atoms with Crippen molar-refractivity contribution in [2.75, 3.05) is 38.2 Å². The Morgan fingerprint density at radius 2 is 1.81 bits per heavy atom. The molecule has 0 atom stereocenters. The lowest BCUT2D eigenvalue weighted by Crippen LogP contribution is -2.49. The Hall–Kier alpha value is -4.17. The standard InChI is InChI=1S/C34H38N6O2/c1-19(2)39-13-15-40(16-14-39)29-12-11-25(23-9-7-8-10-24(23)29)33-32-26-18-30(41-6)27(31-20(3)38-42-21(31)4)17-28(26)37-34(32)36-22(5)35-33/h8,10-12,17-19H,7,9,13-16H2,1-6H3,(H,35,36,37). The molecule has 7 rings (SSSR count). The lowest BCUT2D eigenvalue weighted by molar-refractivity contribution is 0.209. The Morgan fingerprint density at radius 3 is 2.52 bits per heavy atom. The van der Waals surface area contributed by atoms with Crippen molar-refractivity contribution in [2.24, 2.45) is 0 Å². The Kier molecular flexibility index (Phi) is 6.54. The number of methoxy groups -OCH3 is 1. The topological polar surface area (TPSA) is 83.3 Å². The highest BCUT2D eigenvalue weighted by Gasteiger charge is 2.26. The molecule has 8 heteroatoms. The van der Waals surface area contributed by atoms with Crippen LogP contribution in [0.4, 0.5) is 5.69 Å². The third-order valence-corrected chi connectivity index (χ3v) is 9.01. The van der Waals surface area contributed by atoms with Gasteiger partial charge in [0, 0.05) is 65.5 Å². The monoisotopic (exact) mass is 562 g/mol. The summed E-state index contributed by atoms with van der Waals surface area (Å²) in [5.74, 6) is 2.28. The molecule has 2 aromatic carbocycles. The van der Waals surface area contributed by atoms with E-state index in [1.807, 2.05) is 20.8 Å². The van der Waals surface area contributed by atoms with Gasteiger partial charge in [0.2, 0.25) is 0 Å². The van der Waals surface area contributed by atoms with E-state index in [4.69, 9.17) is 19.2 Å². The molecule has 216 valence electrons. The van der Waals surface area contributed by atoms with E-state index in [0.29, 0.717) is 6.04 Å². The van der Waals surface area contributed by atoms with Crippen molar-refractivity contribution < 1.29 is 9.26 Å². The third kappa shape index (κ3) is 4.28. The molecule has 0 amide bonds. The summed E-state index contributed by atoms with van der Waals surface area (Å²) in [5.41, 5.74) is 10.7. The molecule has 0 unspecified atom stereocenters. The smallest absolute Gasteiger partial charge is 0.142 e. The van der Waals surface area contributed by atoms with E-state index >= 15 is 0 Å². The summed E-state index contributed by atoms with van der Waals surface area (Å²) in [4.78, 5) is 18.6. The quantitative estimate of drug-likeness (QED) is 0.251. The van der Waals surface area contributed by atoms with Gasteiger partial charge >= 0.3 is 0 Å². The van der Waals surface area contributed by atoms with Crippen molar-refractivity contribution in [2.45, 2.75) is 53.5 Å². The summed E-state index contributed by atoms with van der Waals surface area (Å²) in [6.45, 7) is 14.7. The van der Waals surface area contributed by atoms with Gasteiger partial charge in [0.1, 0.15) is 23.0 Å². The molecule has 5 aromatic rings. The highest BCUT2D eigenvalue weighted by Crippen LogP contribution is 2.43. The van der Waals surface area contributed by atoms with Crippen LogP contribution >= 0.6 is 0 Å². The molecule has 1 aliphatic heterocycles. The maximum absolute atomic E-state index is 5.93. The summed E-state index contributed by atoms with van der Waals surface area (Å²) >= 11 is 0. The predicted octanol–water partition coefficient (Wildman–Crippen LogP) is 6.86. The fourth-order valence-corrected chi connectivity index (χ4v) is 6.88. The molecule has 0 radical (unpaired) electrons. The van der Waals surface area contributed by atoms with Crippen LogP contribution in [0.15, 0.2) is 34.9 Å². The largest absolute Gasteiger partial charge is 0.496 e. The van der Waals surface area contributed by atoms with E-state index in [0.717, 1.165) is 101 Å². The number of allylic oxidation sites excluding steroid dienone is 1. The minimum absolute atomic E-state index is 0.585. The second kappa shape index (κ2) is 10.3. The maximum atomic E-state index is 5.93. The van der Waals surface area contributed by atoms with Crippen LogP contribution in [0.2, 0.25) is 0 Å². The van der Waals surface area contributed by atoms with E-state index in [9.17, 15) is 0 Å². The predicted molar refractivity (Wildman–Crippen MR) is 169 cm³/mol. The number of hydrogen-bond donors (Lipinski definition) is 1. The van der Waals surface area contributed by atoms with Gasteiger partial charge in [0.25, 0.3) is 0 Å². The maximum Gasteiger partial charge on any atom is 0.142 e. The molecule has 0 spiro atoms. The Labute approximate surface area is 246 Å². The third-order valence-electron chi connectivity index (χ3n) is 9.01. The van der Waals surface area contributed by atoms with Crippen LogP contribution in [0.25, 0.3) is 50.4 Å². The van der Waals surface area contributed by atoms with Crippen molar-refractivity contribution in [1.82, 2.24) is 25.0 Å². The molecule has 1 saturated heterocycles. The molecule has 0 bridgehead atoms. The van der Waals surface area contributed by atoms with Gasteiger partial charge in [-0.15, -0.1) is 0 Å². The summed E-state index contributed by atoms with van der Waals surface area (Å²) in [7, 11) is 1.71. The number of aryl methyl sites for hydroxylation is 3. The number of aromatic amines is 1. The van der Waals surface area contributed by atoms with Crippen LogP contribution in [0.5, 0.6) is 5.75 Å². The van der Waals surface area contributed by atoms with Crippen molar-refractivity contribution in [3.05, 3.63) is 58.7 Å². The van der Waals surface area contributed by atoms with Crippen molar-refractivity contribution in [1.29, 1.82) is 0 Å². The van der Waals surface area contributed by atoms with E-state index < -0.39 is 0 Å². The zero-order valence-electron chi connectivity index (χ0n) is 25.3. The first kappa shape index (κ1) is 26.7. The van der Waals surface area contributed by atoms with E-state index in [-0.39, 0.29) is 0 Å². The molecule has 1 fully saturated rings. The summed E-state index contributed by atoms with van der Waals surface area (Å²) in [6.07, 6.45) is 6.66. The number of aromatic nitrogens is 4. The number of fused-ring (bicyclic) bond motifs is 4. The summed E-state index contributed by atoms with van der Waals surface area (Å²) in [6, 6.07) is 9.41. The first-order valence-electron chi connectivity index (χ1n) is 15.0. The minimum Gasteiger partial charge on any atom is -0.496 e. The zero-order chi connectivity index (χ0) is 29.1. The van der Waals surface area contributed by atoms with Gasteiger partial charge in [0.05, 0.1) is 29.4 Å². The van der Waals surface area contributed by atoms with Gasteiger partial charge in [-0.3, -0.25) is 4.90 Å². The second-order valence-corrected chi connectivity index (χ2v) is 11.8. The number of benzene rings is 2. The average Bonchev–Trinajstić information content (AvgIpc) is 3.52. The molecule has 1 N–H and O–H groups in total. The molecule has 42 heavy (non-hydrogen) atoms. The van der Waals surface area contributed by atoms with Gasteiger partial charge in [0.15, 0.2) is 0 Å². The first-order chi connectivity index (χ1) is 20.3. The van der Waals surface area contributed by atoms with Gasteiger partial charge < -0.3 is 19.1 Å². The number of piperazine rings is 1. The van der Waals surface area contributed by atoms with Crippen LogP contribution in [0, 0.1) is 20.8 Å². The zero-order valence-corrected chi connectivity index (χ0v) is 25.3. The number of hydrogen-bond acceptors (Lipinski definition) is 7. The fourth-order valence-electron chi connectivity index (χ4n) is 6.88. The van der Waals surface area contributed by atoms with Gasteiger partial charge in [-0.2, -0.15) is 0 Å². The SMILES string of the molecule is COc1cc2c(cc1-c1c(C)noc1C)[nH]c1nc(C)nc(-c3ccc(N4CCN(C(C)C)CC4)c4c3CCC=C4)c12. The Bertz CT molecular complexity index is 1840. The number of H-pyrrole nitrogens is 1. The first-order valence-corrected chi connectivity index (χ1v) is 15.0. The van der Waals surface area contributed by atoms with E-state index in [2.05, 4.69) is 70.2 Å². The molecular weight excluding hydrogens is 524 g/mol. The van der Waals surface area contributed by atoms with Crippen LogP contribution in [0.3, 0.4) is 0 Å². The Morgan fingerprint density at radius 1 is 1.00 bits per heavy atom. The highest BCUT2D eigenvalue weighted by molar-refractivity contribution is 6.14. The number of nitrogens with one attached hydrogen (secondary N) is 1. The normalized spacial score (nSPS) is 15.7. The summed E-state index contributed by atoms with van der Waals surface area (Å²) < 4.78 is 11.4. The van der Waals surface area contributed by atoms with Gasteiger partial charge in [-0.1, -0.05) is 23.4 Å². The van der Waals surface area contributed by atoms with Gasteiger partial charge in [-0.25, -0.2) is 9.97 Å². The van der Waals surface area contributed by atoms with Crippen LogP contribution in [0.1, 0.15) is 48.7 Å². The molecule has 2 aliphatic rings. The summed E-state index contributed by atoms with van der Waals surface area (Å²) in [5, 5.41) is 6.24. The number of nitrogens with zero attached hydrogens (tertiary/aromatic N) is 5.